The summed E-state index contributed by atoms with van der Waals surface area (Å²) in [5.74, 6) is 0.259. The highest BCUT2D eigenvalue weighted by Gasteiger charge is 2.84. The molecule has 9 atom stereocenters. The standard InChI is InChI=1S/C28H40ClNO5/c1-17(2)23-10-20-11-26(15-31)22-7-6-18(3)21(22)12-27(20,28(23,26)25(32)33)16-35-24-13-30(9-5-8-29)19(4)14-34-24/h5,8,10,15,17-22,24H,6-7,9,11-14,16H2,1-4H3,(H,32,33)/b8-5-/t18-,19-,20?,21-,22-,24+,26?,27?,28+/m1/s1. The van der Waals surface area contributed by atoms with Gasteiger partial charge in [-0.05, 0) is 55.8 Å². The maximum absolute atomic E-state index is 13.5. The number of hydrogen-bond donors (Lipinski definition) is 1. The molecule has 3 unspecified atom stereocenters. The lowest BCUT2D eigenvalue weighted by molar-refractivity contribution is -0.227. The first-order valence-electron chi connectivity index (χ1n) is 13.3. The number of hydrogen-bond acceptors (Lipinski definition) is 5. The molecule has 0 aromatic rings. The fourth-order valence-corrected chi connectivity index (χ4v) is 9.26. The van der Waals surface area contributed by atoms with Gasteiger partial charge >= 0.3 is 5.97 Å². The van der Waals surface area contributed by atoms with Crippen molar-refractivity contribution in [3.8, 4) is 0 Å². The Morgan fingerprint density at radius 2 is 2.11 bits per heavy atom. The molecule has 1 N–H and O–H groups in total. The number of aliphatic carboxylic acids is 1. The Morgan fingerprint density at radius 1 is 1.34 bits per heavy atom. The van der Waals surface area contributed by atoms with Gasteiger partial charge in [-0.15, -0.1) is 0 Å². The number of nitrogens with zero attached hydrogens (tertiary/aromatic N) is 1. The molecule has 6 nitrogen and oxygen atoms in total. The number of allylic oxidation sites excluding steroid dienone is 1. The van der Waals surface area contributed by atoms with Crippen LogP contribution < -0.4 is 0 Å². The van der Waals surface area contributed by atoms with Gasteiger partial charge in [0.25, 0.3) is 0 Å². The predicted octanol–water partition coefficient (Wildman–Crippen LogP) is 4.73. The Labute approximate surface area is 214 Å². The number of fused-ring (bicyclic) bond motifs is 2. The molecule has 0 amide bonds. The van der Waals surface area contributed by atoms with Crippen LogP contribution in [0.15, 0.2) is 23.3 Å². The Morgan fingerprint density at radius 3 is 2.77 bits per heavy atom. The molecule has 5 rings (SSSR count). The zero-order valence-electron chi connectivity index (χ0n) is 21.4. The Kier molecular flexibility index (Phi) is 6.52. The minimum absolute atomic E-state index is 0.0387. The summed E-state index contributed by atoms with van der Waals surface area (Å²) in [6, 6.07) is 0.251. The first kappa shape index (κ1) is 25.4. The Bertz CT molecular complexity index is 934. The number of carboxylic acids is 1. The topological polar surface area (TPSA) is 76.1 Å². The highest BCUT2D eigenvalue weighted by molar-refractivity contribution is 6.25. The maximum atomic E-state index is 13.5. The third kappa shape index (κ3) is 3.25. The number of carbonyl (C=O) groups excluding carboxylic acids is 1. The van der Waals surface area contributed by atoms with Crippen LogP contribution in [0.5, 0.6) is 0 Å². The molecule has 35 heavy (non-hydrogen) atoms. The van der Waals surface area contributed by atoms with Gasteiger partial charge < -0.3 is 19.4 Å². The van der Waals surface area contributed by atoms with Crippen molar-refractivity contribution in [2.24, 2.45) is 45.8 Å². The van der Waals surface area contributed by atoms with Crippen molar-refractivity contribution in [1.82, 2.24) is 4.90 Å². The van der Waals surface area contributed by atoms with Gasteiger partial charge in [0.05, 0.1) is 25.2 Å². The van der Waals surface area contributed by atoms with Crippen LogP contribution in [0.2, 0.25) is 0 Å². The zero-order chi connectivity index (χ0) is 25.2. The van der Waals surface area contributed by atoms with Gasteiger partial charge in [0, 0.05) is 23.5 Å². The number of carbonyl (C=O) groups is 2. The van der Waals surface area contributed by atoms with E-state index in [2.05, 4.69) is 38.7 Å². The van der Waals surface area contributed by atoms with Crippen molar-refractivity contribution in [3.05, 3.63) is 23.3 Å². The minimum Gasteiger partial charge on any atom is -0.481 e. The first-order chi connectivity index (χ1) is 16.7. The fraction of sp³-hybridized carbons (Fsp3) is 0.786. The monoisotopic (exact) mass is 505 g/mol. The van der Waals surface area contributed by atoms with Crippen LogP contribution in [-0.2, 0) is 19.1 Å². The molecule has 1 saturated heterocycles. The summed E-state index contributed by atoms with van der Waals surface area (Å²) >= 11 is 5.76. The van der Waals surface area contributed by atoms with Gasteiger partial charge in [-0.3, -0.25) is 9.69 Å². The summed E-state index contributed by atoms with van der Waals surface area (Å²) in [5.41, 5.74) is -0.194. The highest BCUT2D eigenvalue weighted by atomic mass is 35.5. The summed E-state index contributed by atoms with van der Waals surface area (Å²) in [5, 5.41) is 11.1. The molecule has 0 aromatic carbocycles. The number of morpholine rings is 1. The molecular formula is C28H40ClNO5. The Hall–Kier alpha value is -1.21. The van der Waals surface area contributed by atoms with Crippen molar-refractivity contribution in [2.45, 2.75) is 65.7 Å². The van der Waals surface area contributed by atoms with Crippen LogP contribution >= 0.6 is 11.6 Å². The van der Waals surface area contributed by atoms with Crippen LogP contribution in [0, 0.1) is 45.8 Å². The quantitative estimate of drug-likeness (QED) is 0.380. The van der Waals surface area contributed by atoms with Gasteiger partial charge in [0.15, 0.2) is 6.29 Å². The minimum atomic E-state index is -1.20. The molecule has 0 aromatic heterocycles. The van der Waals surface area contributed by atoms with Crippen molar-refractivity contribution in [2.75, 3.05) is 26.3 Å². The summed E-state index contributed by atoms with van der Waals surface area (Å²) in [6.45, 7) is 10.7. The molecule has 7 heteroatoms. The van der Waals surface area contributed by atoms with Crippen molar-refractivity contribution < 1.29 is 24.2 Å². The normalized spacial score (nSPS) is 46.9. The van der Waals surface area contributed by atoms with Gasteiger partial charge in [0.2, 0.25) is 0 Å². The summed E-state index contributed by atoms with van der Waals surface area (Å²) in [4.78, 5) is 28.9. The van der Waals surface area contributed by atoms with E-state index >= 15 is 0 Å². The molecule has 0 spiro atoms. The molecular weight excluding hydrogens is 466 g/mol. The average molecular weight is 506 g/mol. The van der Waals surface area contributed by atoms with Crippen LogP contribution in [0.4, 0.5) is 0 Å². The molecule has 1 heterocycles. The molecule has 4 aliphatic carbocycles. The van der Waals surface area contributed by atoms with Crippen molar-refractivity contribution >= 4 is 23.9 Å². The summed E-state index contributed by atoms with van der Waals surface area (Å²) < 4.78 is 12.6. The van der Waals surface area contributed by atoms with E-state index < -0.39 is 28.5 Å². The molecule has 3 saturated carbocycles. The van der Waals surface area contributed by atoms with Gasteiger partial charge in [-0.2, -0.15) is 0 Å². The van der Waals surface area contributed by atoms with Crippen LogP contribution in [0.1, 0.15) is 53.4 Å². The van der Waals surface area contributed by atoms with E-state index in [0.29, 0.717) is 38.0 Å². The number of carboxylic acid groups (broad SMARTS) is 1. The molecule has 194 valence electrons. The second-order valence-corrected chi connectivity index (χ2v) is 12.5. The predicted molar refractivity (Wildman–Crippen MR) is 134 cm³/mol. The van der Waals surface area contributed by atoms with E-state index in [9.17, 15) is 14.7 Å². The third-order valence-corrected chi connectivity index (χ3v) is 10.8. The second kappa shape index (κ2) is 8.97. The largest absolute Gasteiger partial charge is 0.481 e. The number of rotatable bonds is 8. The second-order valence-electron chi connectivity index (χ2n) is 12.2. The maximum Gasteiger partial charge on any atom is 0.315 e. The SMILES string of the molecule is CC(C)C1=CC2CC3(C=O)[C@@H]4CC[C@@H](C)[C@H]4CC2(CO[C@H]2CN(C/C=C\Cl)[C@H](C)CO2)[C@]13C(=O)O. The van der Waals surface area contributed by atoms with Crippen LogP contribution in [0.3, 0.4) is 0 Å². The molecule has 1 aliphatic heterocycles. The Balaban J connectivity index is 1.52. The van der Waals surface area contributed by atoms with Crippen LogP contribution in [-0.4, -0.2) is 60.9 Å². The van der Waals surface area contributed by atoms with Crippen LogP contribution in [0.25, 0.3) is 0 Å². The van der Waals surface area contributed by atoms with E-state index in [0.717, 1.165) is 37.7 Å². The van der Waals surface area contributed by atoms with Gasteiger partial charge in [-0.1, -0.05) is 56.5 Å². The van der Waals surface area contributed by atoms with Gasteiger partial charge in [0.1, 0.15) is 11.7 Å². The lowest BCUT2D eigenvalue weighted by Crippen LogP contribution is -2.64. The third-order valence-electron chi connectivity index (χ3n) is 10.6. The molecule has 4 bridgehead atoms. The van der Waals surface area contributed by atoms with Crippen molar-refractivity contribution in [1.29, 1.82) is 0 Å². The van der Waals surface area contributed by atoms with E-state index in [1.165, 1.54) is 5.54 Å². The molecule has 5 aliphatic rings. The molecule has 4 fully saturated rings. The average Bonchev–Trinajstić information content (AvgIpc) is 3.40. The van der Waals surface area contributed by atoms with E-state index in [-0.39, 0.29) is 23.8 Å². The zero-order valence-corrected chi connectivity index (χ0v) is 22.2. The number of ether oxygens (including phenoxy) is 2. The van der Waals surface area contributed by atoms with Gasteiger partial charge in [-0.25, -0.2) is 0 Å². The van der Waals surface area contributed by atoms with E-state index in [1.807, 2.05) is 6.08 Å². The number of halogens is 1. The molecule has 0 radical (unpaired) electrons. The number of aldehydes is 1. The smallest absolute Gasteiger partial charge is 0.315 e. The first-order valence-corrected chi connectivity index (χ1v) is 13.8. The van der Waals surface area contributed by atoms with E-state index in [4.69, 9.17) is 21.1 Å². The highest BCUT2D eigenvalue weighted by Crippen LogP contribution is 2.82. The van der Waals surface area contributed by atoms with Crippen molar-refractivity contribution in [3.63, 3.8) is 0 Å². The summed E-state index contributed by atoms with van der Waals surface area (Å²) in [7, 11) is 0. The van der Waals surface area contributed by atoms with E-state index in [1.54, 1.807) is 0 Å². The summed E-state index contributed by atoms with van der Waals surface area (Å²) in [6.07, 6.45) is 8.22. The lowest BCUT2D eigenvalue weighted by Gasteiger charge is -2.58. The fourth-order valence-electron chi connectivity index (χ4n) is 9.18. The lowest BCUT2D eigenvalue weighted by atomic mass is 9.43.